The Morgan fingerprint density at radius 2 is 2.07 bits per heavy atom. The molecule has 0 unspecified atom stereocenters. The topological polar surface area (TPSA) is 54.5 Å². The summed E-state index contributed by atoms with van der Waals surface area (Å²) in [5.74, 6) is 1.84. The molecule has 0 spiro atoms. The second kappa shape index (κ2) is 8.91. The Bertz CT molecular complexity index is 821. The smallest absolute Gasteiger partial charge is 0.321 e. The highest BCUT2D eigenvalue weighted by molar-refractivity contribution is 5.89. The Kier molecular flexibility index (Phi) is 5.90. The minimum Gasteiger partial charge on any atom is -0.494 e. The summed E-state index contributed by atoms with van der Waals surface area (Å²) in [6.45, 7) is 2.27. The second-order valence-electron chi connectivity index (χ2n) is 7.61. The van der Waals surface area contributed by atoms with Crippen molar-refractivity contribution in [1.29, 1.82) is 0 Å². The maximum absolute atomic E-state index is 12.4. The first-order chi connectivity index (χ1) is 13.8. The summed E-state index contributed by atoms with van der Waals surface area (Å²) < 4.78 is 5.90. The normalized spacial score (nSPS) is 16.6. The van der Waals surface area contributed by atoms with Gasteiger partial charge < -0.3 is 15.0 Å². The number of hydrogen-bond donors (Lipinski definition) is 1. The molecule has 146 valence electrons. The van der Waals surface area contributed by atoms with Crippen molar-refractivity contribution in [2.24, 2.45) is 5.92 Å². The fourth-order valence-corrected chi connectivity index (χ4v) is 3.46. The molecule has 2 amide bonds. The summed E-state index contributed by atoms with van der Waals surface area (Å²) >= 11 is 0. The van der Waals surface area contributed by atoms with Crippen molar-refractivity contribution in [1.82, 2.24) is 9.88 Å². The van der Waals surface area contributed by atoms with Gasteiger partial charge in [-0.2, -0.15) is 0 Å². The molecule has 2 aliphatic rings. The highest BCUT2D eigenvalue weighted by Crippen LogP contribution is 2.32. The quantitative estimate of drug-likeness (QED) is 0.773. The van der Waals surface area contributed by atoms with Gasteiger partial charge in [0.1, 0.15) is 5.75 Å². The van der Waals surface area contributed by atoms with Crippen LogP contribution in [0.5, 0.6) is 5.75 Å². The van der Waals surface area contributed by atoms with E-state index in [0.717, 1.165) is 49.9 Å². The fraction of sp³-hybridized carbons (Fsp3) is 0.391. The number of rotatable bonds is 6. The van der Waals surface area contributed by atoms with E-state index in [-0.39, 0.29) is 6.03 Å². The molecule has 5 heteroatoms. The Balaban J connectivity index is 1.28. The molecular weight excluding hydrogens is 350 g/mol. The maximum atomic E-state index is 12.4. The standard InChI is InChI=1S/C23H27N3O2/c27-23(25-21-4-2-11-24-17-21)26-12-8-19(9-13-26)15-20-3-1-5-22(16-20)28-14-10-18-6-7-18/h1-5,11,15-18H,6-10,12-14H2,(H,25,27). The van der Waals surface area contributed by atoms with Gasteiger partial charge in [0.15, 0.2) is 0 Å². The van der Waals surface area contributed by atoms with Crippen molar-refractivity contribution in [3.63, 3.8) is 0 Å². The number of aromatic nitrogens is 1. The zero-order chi connectivity index (χ0) is 19.2. The number of nitrogens with one attached hydrogen (secondary N) is 1. The van der Waals surface area contributed by atoms with E-state index in [0.29, 0.717) is 0 Å². The van der Waals surface area contributed by atoms with Crippen LogP contribution in [0, 0.1) is 5.92 Å². The molecule has 2 fully saturated rings. The van der Waals surface area contributed by atoms with Crippen molar-refractivity contribution in [2.45, 2.75) is 32.1 Å². The summed E-state index contributed by atoms with van der Waals surface area (Å²) in [4.78, 5) is 18.3. The minimum atomic E-state index is -0.0573. The van der Waals surface area contributed by atoms with E-state index in [1.807, 2.05) is 23.1 Å². The molecule has 0 atom stereocenters. The molecule has 0 bridgehead atoms. The number of hydrogen-bond acceptors (Lipinski definition) is 3. The minimum absolute atomic E-state index is 0.0573. The van der Waals surface area contributed by atoms with Crippen molar-refractivity contribution in [3.05, 3.63) is 59.9 Å². The van der Waals surface area contributed by atoms with Gasteiger partial charge in [0.05, 0.1) is 18.5 Å². The van der Waals surface area contributed by atoms with E-state index in [1.54, 1.807) is 12.4 Å². The lowest BCUT2D eigenvalue weighted by molar-refractivity contribution is 0.208. The SMILES string of the molecule is O=C(Nc1cccnc1)N1CCC(=Cc2cccc(OCCC3CC3)c2)CC1. The number of nitrogens with zero attached hydrogens (tertiary/aromatic N) is 2. The number of urea groups is 1. The molecule has 1 aliphatic heterocycles. The number of ether oxygens (including phenoxy) is 1. The number of carbonyl (C=O) groups excluding carboxylic acids is 1. The maximum Gasteiger partial charge on any atom is 0.321 e. The van der Waals surface area contributed by atoms with Crippen LogP contribution in [0.2, 0.25) is 0 Å². The van der Waals surface area contributed by atoms with E-state index in [2.05, 4.69) is 34.6 Å². The third-order valence-electron chi connectivity index (χ3n) is 5.33. The number of anilines is 1. The van der Waals surface area contributed by atoms with Gasteiger partial charge in [0.25, 0.3) is 0 Å². The lowest BCUT2D eigenvalue weighted by atomic mass is 10.0. The zero-order valence-corrected chi connectivity index (χ0v) is 16.1. The van der Waals surface area contributed by atoms with E-state index < -0.39 is 0 Å². The van der Waals surface area contributed by atoms with Crippen LogP contribution < -0.4 is 10.1 Å². The summed E-state index contributed by atoms with van der Waals surface area (Å²) in [5, 5.41) is 2.90. The first-order valence-corrected chi connectivity index (χ1v) is 10.1. The first kappa shape index (κ1) is 18.5. The largest absolute Gasteiger partial charge is 0.494 e. The van der Waals surface area contributed by atoms with Gasteiger partial charge in [-0.25, -0.2) is 4.79 Å². The third-order valence-corrected chi connectivity index (χ3v) is 5.33. The van der Waals surface area contributed by atoms with Crippen LogP contribution in [0.3, 0.4) is 0 Å². The highest BCUT2D eigenvalue weighted by atomic mass is 16.5. The monoisotopic (exact) mass is 377 g/mol. The zero-order valence-electron chi connectivity index (χ0n) is 16.1. The predicted octanol–water partition coefficient (Wildman–Crippen LogP) is 4.97. The molecular formula is C23H27N3O2. The van der Waals surface area contributed by atoms with Crippen LogP contribution in [0.4, 0.5) is 10.5 Å². The second-order valence-corrected chi connectivity index (χ2v) is 7.61. The van der Waals surface area contributed by atoms with E-state index in [4.69, 9.17) is 4.74 Å². The van der Waals surface area contributed by atoms with Crippen molar-refractivity contribution >= 4 is 17.8 Å². The molecule has 28 heavy (non-hydrogen) atoms. The number of piperidine rings is 1. The van der Waals surface area contributed by atoms with Crippen molar-refractivity contribution in [2.75, 3.05) is 25.0 Å². The number of carbonyl (C=O) groups is 1. The Hall–Kier alpha value is -2.82. The van der Waals surface area contributed by atoms with Gasteiger partial charge in [0, 0.05) is 19.3 Å². The van der Waals surface area contributed by atoms with Gasteiger partial charge >= 0.3 is 6.03 Å². The Labute approximate surface area is 166 Å². The van der Waals surface area contributed by atoms with E-state index >= 15 is 0 Å². The number of likely N-dealkylation sites (tertiary alicyclic amines) is 1. The predicted molar refractivity (Wildman–Crippen MR) is 111 cm³/mol. The molecule has 1 aromatic heterocycles. The van der Waals surface area contributed by atoms with Gasteiger partial charge in [0.2, 0.25) is 0 Å². The van der Waals surface area contributed by atoms with Gasteiger partial charge in [-0.1, -0.05) is 36.6 Å². The summed E-state index contributed by atoms with van der Waals surface area (Å²) in [6.07, 6.45) is 11.3. The van der Waals surface area contributed by atoms with Crippen LogP contribution in [0.15, 0.2) is 54.4 Å². The molecule has 1 saturated heterocycles. The van der Waals surface area contributed by atoms with E-state index in [9.17, 15) is 4.79 Å². The molecule has 2 aromatic rings. The number of pyridine rings is 1. The first-order valence-electron chi connectivity index (χ1n) is 10.1. The highest BCUT2D eigenvalue weighted by Gasteiger charge is 2.21. The van der Waals surface area contributed by atoms with Gasteiger partial charge in [-0.15, -0.1) is 0 Å². The number of benzene rings is 1. The molecule has 2 heterocycles. The average Bonchev–Trinajstić information content (AvgIpc) is 3.54. The summed E-state index contributed by atoms with van der Waals surface area (Å²) in [7, 11) is 0. The van der Waals surface area contributed by atoms with Crippen LogP contribution in [0.1, 0.15) is 37.7 Å². The lowest BCUT2D eigenvalue weighted by Gasteiger charge is -2.28. The Morgan fingerprint density at radius 3 is 2.82 bits per heavy atom. The van der Waals surface area contributed by atoms with Crippen molar-refractivity contribution < 1.29 is 9.53 Å². The molecule has 5 nitrogen and oxygen atoms in total. The van der Waals surface area contributed by atoms with Crippen LogP contribution in [-0.2, 0) is 0 Å². The van der Waals surface area contributed by atoms with Crippen LogP contribution in [0.25, 0.3) is 6.08 Å². The molecule has 4 rings (SSSR count). The van der Waals surface area contributed by atoms with Crippen LogP contribution in [-0.4, -0.2) is 35.6 Å². The van der Waals surface area contributed by atoms with E-state index in [1.165, 1.54) is 30.4 Å². The molecule has 0 radical (unpaired) electrons. The third kappa shape index (κ3) is 5.35. The fourth-order valence-electron chi connectivity index (χ4n) is 3.46. The summed E-state index contributed by atoms with van der Waals surface area (Å²) in [6, 6.07) is 11.9. The molecule has 1 N–H and O–H groups in total. The average molecular weight is 377 g/mol. The molecule has 1 aromatic carbocycles. The molecule has 1 saturated carbocycles. The van der Waals surface area contributed by atoms with Crippen molar-refractivity contribution in [3.8, 4) is 5.75 Å². The lowest BCUT2D eigenvalue weighted by Crippen LogP contribution is -2.39. The summed E-state index contributed by atoms with van der Waals surface area (Å²) in [5.41, 5.74) is 3.28. The van der Waals surface area contributed by atoms with Gasteiger partial charge in [-0.05, 0) is 55.0 Å². The number of amides is 2. The Morgan fingerprint density at radius 1 is 1.21 bits per heavy atom. The molecule has 1 aliphatic carbocycles. The van der Waals surface area contributed by atoms with Crippen LogP contribution >= 0.6 is 0 Å². The van der Waals surface area contributed by atoms with Gasteiger partial charge in [-0.3, -0.25) is 4.98 Å².